The van der Waals surface area contributed by atoms with Crippen molar-refractivity contribution in [1.82, 2.24) is 9.88 Å². The van der Waals surface area contributed by atoms with Gasteiger partial charge in [0.25, 0.3) is 0 Å². The van der Waals surface area contributed by atoms with E-state index < -0.39 is 15.7 Å². The maximum atomic E-state index is 12.6. The monoisotopic (exact) mass is 559 g/mol. The van der Waals surface area contributed by atoms with Crippen molar-refractivity contribution in [2.45, 2.75) is 63.9 Å². The molecule has 3 aromatic rings. The predicted molar refractivity (Wildman–Crippen MR) is 147 cm³/mol. The first-order chi connectivity index (χ1) is 17.9. The Morgan fingerprint density at radius 2 is 1.79 bits per heavy atom. The van der Waals surface area contributed by atoms with E-state index >= 15 is 0 Å². The van der Waals surface area contributed by atoms with E-state index in [1.807, 2.05) is 27.7 Å². The van der Waals surface area contributed by atoms with Crippen molar-refractivity contribution in [2.24, 2.45) is 5.92 Å². The Hall–Kier alpha value is -3.18. The number of aryl methyl sites for hydroxylation is 1. The maximum absolute atomic E-state index is 12.6. The van der Waals surface area contributed by atoms with Gasteiger partial charge in [-0.25, -0.2) is 9.78 Å². The summed E-state index contributed by atoms with van der Waals surface area (Å²) in [5.41, 5.74) is 1.08. The molecule has 0 unspecified atom stereocenters. The number of anilines is 1. The predicted octanol–water partition coefficient (Wildman–Crippen LogP) is 5.74. The molecule has 1 aliphatic rings. The summed E-state index contributed by atoms with van der Waals surface area (Å²) in [6.45, 7) is 8.69. The Kier molecular flexibility index (Phi) is 8.27. The second kappa shape index (κ2) is 11.3. The van der Waals surface area contributed by atoms with Gasteiger partial charge in [0.05, 0.1) is 10.2 Å². The molecule has 0 spiro atoms. The molecule has 1 N–H and O–H groups in total. The number of piperidine rings is 1. The number of nitrogens with one attached hydrogen (secondary N) is 1. The highest BCUT2D eigenvalue weighted by molar-refractivity contribution is 7.87. The van der Waals surface area contributed by atoms with Gasteiger partial charge in [-0.2, -0.15) is 8.42 Å². The van der Waals surface area contributed by atoms with Crippen molar-refractivity contribution in [2.75, 3.05) is 18.4 Å². The molecule has 2 amide bonds. The van der Waals surface area contributed by atoms with Crippen LogP contribution >= 0.6 is 11.3 Å². The van der Waals surface area contributed by atoms with Crippen LogP contribution in [0.2, 0.25) is 0 Å². The Balaban J connectivity index is 1.28. The molecule has 38 heavy (non-hydrogen) atoms. The van der Waals surface area contributed by atoms with E-state index in [2.05, 4.69) is 10.3 Å². The summed E-state index contributed by atoms with van der Waals surface area (Å²) in [6.07, 6.45) is 2.47. The van der Waals surface area contributed by atoms with Crippen LogP contribution in [0.5, 0.6) is 5.75 Å². The van der Waals surface area contributed by atoms with E-state index in [9.17, 15) is 18.0 Å². The summed E-state index contributed by atoms with van der Waals surface area (Å²) in [6, 6.07) is 11.3. The molecule has 1 saturated heterocycles. The number of carbonyl (C=O) groups excluding carboxylic acids is 2. The zero-order chi connectivity index (χ0) is 27.5. The average Bonchev–Trinajstić information content (AvgIpc) is 3.23. The smallest absolute Gasteiger partial charge is 0.410 e. The number of aromatic nitrogens is 1. The van der Waals surface area contributed by atoms with Gasteiger partial charge in [0.1, 0.15) is 16.2 Å². The van der Waals surface area contributed by atoms with Gasteiger partial charge in [-0.05, 0) is 77.1 Å². The largest absolute Gasteiger partial charge is 0.444 e. The zero-order valence-electron chi connectivity index (χ0n) is 22.0. The normalized spacial score (nSPS) is 14.9. The molecule has 9 nitrogen and oxygen atoms in total. The highest BCUT2D eigenvalue weighted by Crippen LogP contribution is 2.31. The van der Waals surface area contributed by atoms with Crippen molar-refractivity contribution in [1.29, 1.82) is 0 Å². The number of likely N-dealkylation sites (tertiary alicyclic amines) is 1. The van der Waals surface area contributed by atoms with Gasteiger partial charge < -0.3 is 19.1 Å². The van der Waals surface area contributed by atoms with Gasteiger partial charge in [0, 0.05) is 25.6 Å². The summed E-state index contributed by atoms with van der Waals surface area (Å²) < 4.78 is 36.6. The van der Waals surface area contributed by atoms with Crippen molar-refractivity contribution in [3.05, 3.63) is 48.0 Å². The van der Waals surface area contributed by atoms with E-state index in [-0.39, 0.29) is 22.6 Å². The number of benzene rings is 2. The number of hydrogen-bond acceptors (Lipinski definition) is 8. The zero-order valence-corrected chi connectivity index (χ0v) is 23.7. The van der Waals surface area contributed by atoms with Crippen LogP contribution in [0.3, 0.4) is 0 Å². The molecule has 4 rings (SSSR count). The average molecular weight is 560 g/mol. The van der Waals surface area contributed by atoms with Crippen LogP contribution in [-0.4, -0.2) is 49.0 Å². The van der Waals surface area contributed by atoms with Crippen LogP contribution in [0.15, 0.2) is 47.4 Å². The highest BCUT2D eigenvalue weighted by Gasteiger charge is 2.27. The van der Waals surface area contributed by atoms with Crippen LogP contribution in [0, 0.1) is 12.8 Å². The van der Waals surface area contributed by atoms with Gasteiger partial charge in [0.15, 0.2) is 5.13 Å². The van der Waals surface area contributed by atoms with Crippen LogP contribution in [0.1, 0.15) is 52.0 Å². The number of ether oxygens (including phenoxy) is 1. The minimum absolute atomic E-state index is 0.0796. The lowest BCUT2D eigenvalue weighted by atomic mass is 9.92. The Labute approximate surface area is 227 Å². The number of carbonyl (C=O) groups is 2. The SMILES string of the molecule is Cc1ccc(S(=O)(=O)Oc2ccc3nc(NC(=O)CCC4CCN(C(=O)OC(C)(C)C)CC4)sc3c2)cc1. The Morgan fingerprint density at radius 1 is 1.11 bits per heavy atom. The highest BCUT2D eigenvalue weighted by atomic mass is 32.2. The number of nitrogens with zero attached hydrogens (tertiary/aromatic N) is 2. The molecule has 11 heteroatoms. The fourth-order valence-corrected chi connectivity index (χ4v) is 5.97. The third kappa shape index (κ3) is 7.44. The second-order valence-corrected chi connectivity index (χ2v) is 13.1. The minimum atomic E-state index is -3.96. The lowest BCUT2D eigenvalue weighted by Gasteiger charge is -2.33. The third-order valence-electron chi connectivity index (χ3n) is 6.17. The minimum Gasteiger partial charge on any atom is -0.444 e. The molecule has 2 aromatic carbocycles. The van der Waals surface area contributed by atoms with E-state index in [1.165, 1.54) is 23.5 Å². The maximum Gasteiger partial charge on any atom is 0.410 e. The van der Waals surface area contributed by atoms with Crippen molar-refractivity contribution in [3.63, 3.8) is 0 Å². The molecule has 204 valence electrons. The number of fused-ring (bicyclic) bond motifs is 1. The summed E-state index contributed by atoms with van der Waals surface area (Å²) in [7, 11) is -3.96. The molecule has 1 aromatic heterocycles. The fourth-order valence-electron chi connectivity index (χ4n) is 4.14. The molecule has 0 aliphatic carbocycles. The Morgan fingerprint density at radius 3 is 2.45 bits per heavy atom. The standard InChI is InChI=1S/C27H33N3O6S2/c1-18-5-9-21(10-6-18)38(33,34)36-20-8-11-22-23(17-20)37-25(28-22)29-24(31)12-7-19-13-15-30(16-14-19)26(32)35-27(2,3)4/h5-6,8-11,17,19H,7,12-16H2,1-4H3,(H,28,29,31). The van der Waals surface area contributed by atoms with E-state index in [0.717, 1.165) is 24.8 Å². The summed E-state index contributed by atoms with van der Waals surface area (Å²) >= 11 is 1.26. The lowest BCUT2D eigenvalue weighted by Crippen LogP contribution is -2.41. The molecule has 0 atom stereocenters. The second-order valence-electron chi connectivity index (χ2n) is 10.5. The number of rotatable bonds is 7. The van der Waals surface area contributed by atoms with Crippen molar-refractivity contribution in [3.8, 4) is 5.75 Å². The van der Waals surface area contributed by atoms with E-state index in [1.54, 1.807) is 35.2 Å². The first-order valence-corrected chi connectivity index (χ1v) is 14.8. The molecule has 0 radical (unpaired) electrons. The van der Waals surface area contributed by atoms with Gasteiger partial charge in [-0.3, -0.25) is 4.79 Å². The van der Waals surface area contributed by atoms with Gasteiger partial charge >= 0.3 is 16.2 Å². The molecule has 2 heterocycles. The Bertz CT molecular complexity index is 1400. The topological polar surface area (TPSA) is 115 Å². The molecule has 1 aliphatic heterocycles. The summed E-state index contributed by atoms with van der Waals surface area (Å²) in [5, 5.41) is 3.29. The summed E-state index contributed by atoms with van der Waals surface area (Å²) in [4.78, 5) is 31.0. The van der Waals surface area contributed by atoms with Crippen molar-refractivity contribution < 1.29 is 26.9 Å². The lowest BCUT2D eigenvalue weighted by molar-refractivity contribution is -0.116. The van der Waals surface area contributed by atoms with Crippen molar-refractivity contribution >= 4 is 48.8 Å². The van der Waals surface area contributed by atoms with Crippen LogP contribution in [0.4, 0.5) is 9.93 Å². The van der Waals surface area contributed by atoms with E-state index in [0.29, 0.717) is 40.8 Å². The molecule has 0 bridgehead atoms. The van der Waals surface area contributed by atoms with Gasteiger partial charge in [-0.15, -0.1) is 0 Å². The molecule has 1 fully saturated rings. The number of thiazole rings is 1. The molecular weight excluding hydrogens is 526 g/mol. The number of amides is 2. The first kappa shape index (κ1) is 27.8. The van der Waals surface area contributed by atoms with Gasteiger partial charge in [-0.1, -0.05) is 29.0 Å². The fraction of sp³-hybridized carbons (Fsp3) is 0.444. The van der Waals surface area contributed by atoms with E-state index in [4.69, 9.17) is 8.92 Å². The van der Waals surface area contributed by atoms with Crippen LogP contribution < -0.4 is 9.50 Å². The van der Waals surface area contributed by atoms with Gasteiger partial charge in [0.2, 0.25) is 5.91 Å². The third-order valence-corrected chi connectivity index (χ3v) is 8.36. The molecular formula is C27H33N3O6S2. The van der Waals surface area contributed by atoms with Crippen LogP contribution in [-0.2, 0) is 19.6 Å². The first-order valence-electron chi connectivity index (χ1n) is 12.6. The number of hydrogen-bond donors (Lipinski definition) is 1. The molecule has 0 saturated carbocycles. The quantitative estimate of drug-likeness (QED) is 0.367. The summed E-state index contributed by atoms with van der Waals surface area (Å²) in [5.74, 6) is 0.416. The van der Waals surface area contributed by atoms with Crippen LogP contribution in [0.25, 0.3) is 10.2 Å².